The fraction of sp³-hybridized carbons (Fsp3) is 0.125. The normalized spacial score (nSPS) is 10.2. The summed E-state index contributed by atoms with van der Waals surface area (Å²) in [6, 6.07) is 10.2. The van der Waals surface area contributed by atoms with Crippen LogP contribution >= 0.6 is 22.6 Å². The molecule has 0 heterocycles. The number of hydrogen-bond donors (Lipinski definition) is 2. The van der Waals surface area contributed by atoms with Crippen LogP contribution in [0.25, 0.3) is 0 Å². The van der Waals surface area contributed by atoms with Crippen LogP contribution in [0.5, 0.6) is 5.75 Å². The van der Waals surface area contributed by atoms with E-state index in [1.54, 1.807) is 18.2 Å². The van der Waals surface area contributed by atoms with Crippen molar-refractivity contribution in [2.24, 2.45) is 0 Å². The Kier molecular flexibility index (Phi) is 5.91. The number of aromatic hydroxyl groups is 1. The van der Waals surface area contributed by atoms with Crippen LogP contribution in [-0.4, -0.2) is 23.6 Å². The summed E-state index contributed by atoms with van der Waals surface area (Å²) < 4.78 is 18.4. The zero-order chi connectivity index (χ0) is 16.8. The van der Waals surface area contributed by atoms with Crippen molar-refractivity contribution >= 4 is 34.5 Å². The molecular formula is C16H13FINO4. The maximum atomic E-state index is 12.8. The van der Waals surface area contributed by atoms with E-state index >= 15 is 0 Å². The maximum absolute atomic E-state index is 12.8. The number of benzene rings is 2. The molecule has 120 valence electrons. The lowest BCUT2D eigenvalue weighted by Gasteiger charge is -2.08. The van der Waals surface area contributed by atoms with Crippen molar-refractivity contribution in [3.63, 3.8) is 0 Å². The number of phenols is 1. The molecule has 0 atom stereocenters. The van der Waals surface area contributed by atoms with Gasteiger partial charge in [-0.3, -0.25) is 4.79 Å². The number of esters is 1. The summed E-state index contributed by atoms with van der Waals surface area (Å²) in [5.74, 6) is -1.83. The van der Waals surface area contributed by atoms with Crippen molar-refractivity contribution in [3.8, 4) is 5.75 Å². The first-order valence-electron chi connectivity index (χ1n) is 6.62. The molecule has 2 aromatic rings. The monoisotopic (exact) mass is 429 g/mol. The zero-order valence-corrected chi connectivity index (χ0v) is 14.0. The average molecular weight is 429 g/mol. The third-order valence-corrected chi connectivity index (χ3v) is 3.59. The first kappa shape index (κ1) is 17.2. The zero-order valence-electron chi connectivity index (χ0n) is 11.9. The lowest BCUT2D eigenvalue weighted by molar-refractivity contribution is -0.124. The highest BCUT2D eigenvalue weighted by molar-refractivity contribution is 14.1. The van der Waals surface area contributed by atoms with E-state index < -0.39 is 18.5 Å². The van der Waals surface area contributed by atoms with Gasteiger partial charge in [0.2, 0.25) is 0 Å². The van der Waals surface area contributed by atoms with Gasteiger partial charge in [0.05, 0.1) is 0 Å². The van der Waals surface area contributed by atoms with Gasteiger partial charge in [-0.25, -0.2) is 9.18 Å². The molecular weight excluding hydrogens is 416 g/mol. The highest BCUT2D eigenvalue weighted by Gasteiger charge is 2.14. The second-order valence-electron chi connectivity index (χ2n) is 4.64. The van der Waals surface area contributed by atoms with Gasteiger partial charge in [0.25, 0.3) is 5.91 Å². The summed E-state index contributed by atoms with van der Waals surface area (Å²) in [6.45, 7) is -0.268. The number of halogens is 2. The molecule has 2 N–H and O–H groups in total. The molecule has 0 fully saturated rings. The third-order valence-electron chi connectivity index (χ3n) is 2.92. The molecule has 0 aromatic heterocycles. The molecule has 0 radical (unpaired) electrons. The number of hydrogen-bond acceptors (Lipinski definition) is 4. The molecule has 0 aliphatic heterocycles. The first-order chi connectivity index (χ1) is 11.0. The van der Waals surface area contributed by atoms with E-state index in [9.17, 15) is 19.1 Å². The quantitative estimate of drug-likeness (QED) is 0.566. The molecule has 7 heteroatoms. The Bertz CT molecular complexity index is 719. The number of rotatable bonds is 5. The Morgan fingerprint density at radius 1 is 1.17 bits per heavy atom. The van der Waals surface area contributed by atoms with Gasteiger partial charge in [-0.15, -0.1) is 0 Å². The van der Waals surface area contributed by atoms with E-state index in [2.05, 4.69) is 5.32 Å². The molecule has 0 unspecified atom stereocenters. The first-order valence-corrected chi connectivity index (χ1v) is 7.70. The van der Waals surface area contributed by atoms with Gasteiger partial charge in [0, 0.05) is 10.1 Å². The molecule has 23 heavy (non-hydrogen) atoms. The van der Waals surface area contributed by atoms with E-state index in [1.807, 2.05) is 22.6 Å². The van der Waals surface area contributed by atoms with Crippen LogP contribution in [0.2, 0.25) is 0 Å². The van der Waals surface area contributed by atoms with Crippen LogP contribution in [0.4, 0.5) is 4.39 Å². The van der Waals surface area contributed by atoms with Gasteiger partial charge in [0.15, 0.2) is 6.61 Å². The minimum absolute atomic E-state index is 0.00299. The minimum atomic E-state index is -0.780. The molecule has 1 amide bonds. The van der Waals surface area contributed by atoms with Crippen LogP contribution in [0, 0.1) is 9.39 Å². The fourth-order valence-corrected chi connectivity index (χ4v) is 2.23. The summed E-state index contributed by atoms with van der Waals surface area (Å²) in [7, 11) is 0. The Morgan fingerprint density at radius 3 is 2.57 bits per heavy atom. The van der Waals surface area contributed by atoms with E-state index in [1.165, 1.54) is 24.3 Å². The molecule has 0 spiro atoms. The van der Waals surface area contributed by atoms with Gasteiger partial charge >= 0.3 is 5.97 Å². The SMILES string of the molecule is O=C(COC(=O)c1cc(I)ccc1O)NCc1ccc(F)cc1. The molecule has 0 aliphatic rings. The van der Waals surface area contributed by atoms with E-state index in [0.717, 1.165) is 9.13 Å². The van der Waals surface area contributed by atoms with Gasteiger partial charge in [0.1, 0.15) is 17.1 Å². The van der Waals surface area contributed by atoms with Crippen molar-refractivity contribution in [1.82, 2.24) is 5.32 Å². The van der Waals surface area contributed by atoms with Gasteiger partial charge < -0.3 is 15.2 Å². The number of carbonyl (C=O) groups excluding carboxylic acids is 2. The molecule has 5 nitrogen and oxygen atoms in total. The largest absolute Gasteiger partial charge is 0.507 e. The van der Waals surface area contributed by atoms with Crippen LogP contribution in [0.15, 0.2) is 42.5 Å². The highest BCUT2D eigenvalue weighted by atomic mass is 127. The van der Waals surface area contributed by atoms with Crippen LogP contribution in [0.1, 0.15) is 15.9 Å². The summed E-state index contributed by atoms with van der Waals surface area (Å²) in [6.07, 6.45) is 0. The number of phenolic OH excluding ortho intramolecular Hbond substituents is 1. The number of ether oxygens (including phenoxy) is 1. The summed E-state index contributed by atoms with van der Waals surface area (Å²) >= 11 is 1.99. The molecule has 2 rings (SSSR count). The second kappa shape index (κ2) is 7.91. The molecule has 0 bridgehead atoms. The van der Waals surface area contributed by atoms with E-state index in [-0.39, 0.29) is 23.7 Å². The van der Waals surface area contributed by atoms with Gasteiger partial charge in [-0.1, -0.05) is 12.1 Å². The Balaban J connectivity index is 1.83. The standard InChI is InChI=1S/C16H13FINO4/c17-11-3-1-10(2-4-11)8-19-15(21)9-23-16(22)13-7-12(18)5-6-14(13)20/h1-7,20H,8-9H2,(H,19,21). The Morgan fingerprint density at radius 2 is 1.87 bits per heavy atom. The van der Waals surface area contributed by atoms with Crippen LogP contribution in [0.3, 0.4) is 0 Å². The topological polar surface area (TPSA) is 75.6 Å². The molecule has 0 saturated carbocycles. The van der Waals surface area contributed by atoms with Gasteiger partial charge in [-0.2, -0.15) is 0 Å². The van der Waals surface area contributed by atoms with Crippen molar-refractivity contribution in [2.75, 3.05) is 6.61 Å². The lowest BCUT2D eigenvalue weighted by Crippen LogP contribution is -2.28. The van der Waals surface area contributed by atoms with Crippen molar-refractivity contribution < 1.29 is 23.8 Å². The summed E-state index contributed by atoms with van der Waals surface area (Å²) in [5.41, 5.74) is 0.726. The molecule has 2 aromatic carbocycles. The second-order valence-corrected chi connectivity index (χ2v) is 5.89. The predicted octanol–water partition coefficient (Wildman–Crippen LogP) is 2.61. The molecule has 0 aliphatic carbocycles. The predicted molar refractivity (Wildman–Crippen MR) is 89.4 cm³/mol. The van der Waals surface area contributed by atoms with E-state index in [0.29, 0.717) is 0 Å². The van der Waals surface area contributed by atoms with Crippen LogP contribution < -0.4 is 5.32 Å². The third kappa shape index (κ3) is 5.20. The van der Waals surface area contributed by atoms with Crippen LogP contribution in [-0.2, 0) is 16.1 Å². The smallest absolute Gasteiger partial charge is 0.342 e. The van der Waals surface area contributed by atoms with Crippen molar-refractivity contribution in [3.05, 3.63) is 63.0 Å². The summed E-state index contributed by atoms with van der Waals surface area (Å²) in [5, 5.41) is 12.2. The highest BCUT2D eigenvalue weighted by Crippen LogP contribution is 2.20. The van der Waals surface area contributed by atoms with Gasteiger partial charge in [-0.05, 0) is 58.5 Å². The number of carbonyl (C=O) groups is 2. The number of nitrogens with one attached hydrogen (secondary N) is 1. The fourth-order valence-electron chi connectivity index (χ4n) is 1.73. The Hall–Kier alpha value is -2.16. The lowest BCUT2D eigenvalue weighted by atomic mass is 10.2. The van der Waals surface area contributed by atoms with Crippen molar-refractivity contribution in [2.45, 2.75) is 6.54 Å². The molecule has 0 saturated heterocycles. The maximum Gasteiger partial charge on any atom is 0.342 e. The summed E-state index contributed by atoms with van der Waals surface area (Å²) in [4.78, 5) is 23.5. The minimum Gasteiger partial charge on any atom is -0.507 e. The van der Waals surface area contributed by atoms with E-state index in [4.69, 9.17) is 4.74 Å². The average Bonchev–Trinajstić information content (AvgIpc) is 2.54. The Labute approximate surface area is 145 Å². The van der Waals surface area contributed by atoms with Crippen molar-refractivity contribution in [1.29, 1.82) is 0 Å². The number of amides is 1.